The van der Waals surface area contributed by atoms with Crippen LogP contribution in [0.1, 0.15) is 25.7 Å². The van der Waals surface area contributed by atoms with Crippen molar-refractivity contribution in [3.05, 3.63) is 95.0 Å². The molecule has 100 heavy (non-hydrogen) atoms. The van der Waals surface area contributed by atoms with Crippen LogP contribution in [0.4, 0.5) is 21.5 Å². The Kier molecular flexibility index (Phi) is 39.1. The minimum atomic E-state index is -0.334. The predicted molar refractivity (Wildman–Crippen MR) is 379 cm³/mol. The van der Waals surface area contributed by atoms with Gasteiger partial charge in [-0.3, -0.25) is 14.5 Å². The van der Waals surface area contributed by atoms with Crippen LogP contribution >= 0.6 is 23.2 Å². The third-order valence-corrected chi connectivity index (χ3v) is 14.2. The summed E-state index contributed by atoms with van der Waals surface area (Å²) in [6, 6.07) is 24.8. The van der Waals surface area contributed by atoms with Gasteiger partial charge in [0.25, 0.3) is 11.9 Å². The zero-order chi connectivity index (χ0) is 71.2. The SMILES string of the molecule is CN(CC(=O)CCCOCCOCCNC(=O)NCCOCCOCCOCCOc1cccc(-c2nc(N=C(N)N)nc3ccc(Cl)cc23)c1)CC(=O)CCCOCCOCCNC(=O)NCCOCCOCCOCCOc1cccc(-c2nc(N=C(N)N)nc3ccc(Cl)cc23)c1. The number of aromatic nitrogens is 4. The van der Waals surface area contributed by atoms with Gasteiger partial charge in [0.05, 0.1) is 154 Å². The van der Waals surface area contributed by atoms with Crippen LogP contribution in [0.3, 0.4) is 0 Å². The van der Waals surface area contributed by atoms with Gasteiger partial charge < -0.3 is 101 Å². The fourth-order valence-corrected chi connectivity index (χ4v) is 9.55. The van der Waals surface area contributed by atoms with Gasteiger partial charge in [0.2, 0.25) is 0 Å². The number of Topliss-reactive ketones (excluding diaryl/α,β-unsaturated/α-hetero) is 2. The van der Waals surface area contributed by atoms with E-state index in [0.29, 0.717) is 241 Å². The summed E-state index contributed by atoms with van der Waals surface area (Å²) in [4.78, 5) is 76.8. The highest BCUT2D eigenvalue weighted by Crippen LogP contribution is 2.34. The third kappa shape index (κ3) is 34.2. The first-order valence-corrected chi connectivity index (χ1v) is 33.6. The lowest BCUT2D eigenvalue weighted by Gasteiger charge is -2.15. The van der Waals surface area contributed by atoms with E-state index in [1.165, 1.54) is 0 Å². The summed E-state index contributed by atoms with van der Waals surface area (Å²) in [6.45, 7) is 9.39. The van der Waals surface area contributed by atoms with Crippen molar-refractivity contribution in [2.45, 2.75) is 25.7 Å². The van der Waals surface area contributed by atoms with Gasteiger partial charge in [-0.1, -0.05) is 47.5 Å². The number of ether oxygens (including phenoxy) is 12. The van der Waals surface area contributed by atoms with Gasteiger partial charge in [-0.15, -0.1) is 0 Å². The Labute approximate surface area is 591 Å². The molecule has 31 nitrogen and oxygen atoms in total. The van der Waals surface area contributed by atoms with Crippen LogP contribution in [0, 0.1) is 0 Å². The molecular weight excluding hydrogens is 1340 g/mol. The van der Waals surface area contributed by atoms with Crippen molar-refractivity contribution in [3.8, 4) is 34.0 Å². The van der Waals surface area contributed by atoms with E-state index in [-0.39, 0.29) is 60.5 Å². The molecule has 2 heterocycles. The second kappa shape index (κ2) is 48.5. The molecule has 546 valence electrons. The van der Waals surface area contributed by atoms with Crippen LogP contribution in [0.25, 0.3) is 44.3 Å². The first-order valence-electron chi connectivity index (χ1n) is 32.8. The number of urea groups is 2. The molecule has 6 aromatic rings. The molecule has 0 atom stereocenters. The summed E-state index contributed by atoms with van der Waals surface area (Å²) < 4.78 is 67.5. The number of amides is 4. The number of nitrogens with two attached hydrogens (primary N) is 4. The molecule has 4 aromatic carbocycles. The molecular formula is C67H93Cl2N15O16. The van der Waals surface area contributed by atoms with E-state index < -0.39 is 0 Å². The fourth-order valence-electron chi connectivity index (χ4n) is 9.21. The van der Waals surface area contributed by atoms with E-state index in [4.69, 9.17) is 103 Å². The van der Waals surface area contributed by atoms with Crippen molar-refractivity contribution in [2.24, 2.45) is 32.9 Å². The van der Waals surface area contributed by atoms with Gasteiger partial charge in [0.1, 0.15) is 36.3 Å². The minimum absolute atomic E-state index is 0.0230. The van der Waals surface area contributed by atoms with Gasteiger partial charge in [0, 0.05) is 84.2 Å². The molecule has 0 radical (unpaired) electrons. The third-order valence-electron chi connectivity index (χ3n) is 13.7. The largest absolute Gasteiger partial charge is 0.491 e. The Morgan fingerprint density at radius 3 is 1.07 bits per heavy atom. The van der Waals surface area contributed by atoms with Gasteiger partial charge in [0.15, 0.2) is 11.9 Å². The van der Waals surface area contributed by atoms with Crippen LogP contribution in [0.5, 0.6) is 11.5 Å². The van der Waals surface area contributed by atoms with Gasteiger partial charge in [-0.05, 0) is 80.6 Å². The Hall–Kier alpha value is -8.28. The Bertz CT molecular complexity index is 3260. The van der Waals surface area contributed by atoms with Gasteiger partial charge >= 0.3 is 12.1 Å². The number of benzene rings is 4. The maximum Gasteiger partial charge on any atom is 0.314 e. The van der Waals surface area contributed by atoms with Crippen molar-refractivity contribution in [3.63, 3.8) is 0 Å². The highest BCUT2D eigenvalue weighted by molar-refractivity contribution is 6.31. The molecule has 6 rings (SSSR count). The first-order chi connectivity index (χ1) is 48.7. The lowest BCUT2D eigenvalue weighted by atomic mass is 10.1. The number of likely N-dealkylation sites (N-methyl/N-ethyl adjacent to an activating group) is 1. The number of hydrogen-bond donors (Lipinski definition) is 8. The van der Waals surface area contributed by atoms with E-state index in [9.17, 15) is 19.2 Å². The van der Waals surface area contributed by atoms with Crippen molar-refractivity contribution >= 4 is 92.5 Å². The quantitative estimate of drug-likeness (QED) is 0.0143. The molecule has 0 saturated heterocycles. The Balaban J connectivity index is 0.616. The second-order valence-corrected chi connectivity index (χ2v) is 22.7. The van der Waals surface area contributed by atoms with Crippen LogP contribution in [-0.2, 0) is 57.0 Å². The number of carbonyl (C=O) groups excluding carboxylic acids is 4. The monoisotopic (exact) mass is 1430 g/mol. The highest BCUT2D eigenvalue weighted by atomic mass is 35.5. The second-order valence-electron chi connectivity index (χ2n) is 21.8. The molecule has 0 aliphatic rings. The topological polar surface area (TPSA) is 411 Å². The van der Waals surface area contributed by atoms with Crippen LogP contribution in [0.2, 0.25) is 10.0 Å². The standard InChI is InChI=1S/C67H93Cl2N15O16/c1-84(46-52(85)8-4-20-89-26-28-91-22-16-74-66(87)76-18-24-93-30-32-95-34-36-97-38-40-99-54-10-2-6-48(42-54)60-56-44-50(68)12-14-58(56)78-64(80-60)82-62(70)71)47-53(86)9-5-21-90-27-29-92-23-17-75-67(88)77-19-25-94-31-33-96-35-37-98-39-41-100-55-11-3-7-49(43-55)61-57-45-51(69)13-15-59(57)79-65(81-61)83-63(72)73/h2-3,6-7,10-15,42-45H,4-5,8-9,16-41,46-47H2,1H3,(H2,74,76,87)(H2,75,77,88)(H4,70,71,78,80,82)(H4,72,73,79,81,83). The summed E-state index contributed by atoms with van der Waals surface area (Å²) >= 11 is 12.6. The number of halogens is 2. The lowest BCUT2D eigenvalue weighted by molar-refractivity contribution is -0.122. The maximum atomic E-state index is 12.5. The van der Waals surface area contributed by atoms with Crippen LogP contribution in [-0.4, -0.2) is 252 Å². The van der Waals surface area contributed by atoms with Crippen molar-refractivity contribution in [1.29, 1.82) is 0 Å². The van der Waals surface area contributed by atoms with E-state index in [1.807, 2.05) is 48.5 Å². The number of nitrogens with zero attached hydrogens (tertiary/aromatic N) is 7. The molecule has 0 aliphatic heterocycles. The van der Waals surface area contributed by atoms with Crippen LogP contribution in [0.15, 0.2) is 94.9 Å². The summed E-state index contributed by atoms with van der Waals surface area (Å²) in [5, 5.41) is 13.4. The molecule has 4 amide bonds. The van der Waals surface area contributed by atoms with Crippen molar-refractivity contribution in [2.75, 3.05) is 192 Å². The Morgan fingerprint density at radius 2 is 0.730 bits per heavy atom. The first kappa shape index (κ1) is 80.7. The molecule has 2 aromatic heterocycles. The zero-order valence-corrected chi connectivity index (χ0v) is 57.9. The smallest absolute Gasteiger partial charge is 0.314 e. The number of carbonyl (C=O) groups is 4. The average Bonchev–Trinajstić information content (AvgIpc) is 0.793. The van der Waals surface area contributed by atoms with E-state index in [2.05, 4.69) is 51.2 Å². The number of ketones is 2. The number of nitrogens with one attached hydrogen (secondary N) is 4. The number of aliphatic imine (C=N–C) groups is 2. The maximum absolute atomic E-state index is 12.5. The lowest BCUT2D eigenvalue weighted by Crippen LogP contribution is -2.39. The zero-order valence-electron chi connectivity index (χ0n) is 56.4. The number of hydrogen-bond acceptors (Lipinski definition) is 23. The molecule has 0 aliphatic carbocycles. The molecule has 0 unspecified atom stereocenters. The molecule has 0 bridgehead atoms. The van der Waals surface area contributed by atoms with E-state index in [1.54, 1.807) is 48.3 Å². The summed E-state index contributed by atoms with van der Waals surface area (Å²) in [6.07, 6.45) is 1.77. The number of fused-ring (bicyclic) bond motifs is 2. The minimum Gasteiger partial charge on any atom is -0.491 e. The number of rotatable bonds is 54. The van der Waals surface area contributed by atoms with Crippen molar-refractivity contribution < 1.29 is 76.0 Å². The molecule has 0 saturated carbocycles. The molecule has 33 heteroatoms. The molecule has 12 N–H and O–H groups in total. The summed E-state index contributed by atoms with van der Waals surface area (Å²) in [5.41, 5.74) is 26.3. The summed E-state index contributed by atoms with van der Waals surface area (Å²) in [7, 11) is 1.74. The average molecular weight is 1440 g/mol. The van der Waals surface area contributed by atoms with Gasteiger partial charge in [-0.25, -0.2) is 29.5 Å². The molecule has 0 spiro atoms. The van der Waals surface area contributed by atoms with Gasteiger partial charge in [-0.2, -0.15) is 9.98 Å². The predicted octanol–water partition coefficient (Wildman–Crippen LogP) is 4.88. The van der Waals surface area contributed by atoms with Crippen molar-refractivity contribution in [1.82, 2.24) is 46.1 Å². The summed E-state index contributed by atoms with van der Waals surface area (Å²) in [5.74, 6) is 1.25. The number of guanidine groups is 2. The highest BCUT2D eigenvalue weighted by Gasteiger charge is 2.16. The van der Waals surface area contributed by atoms with E-state index >= 15 is 0 Å². The molecule has 0 fully saturated rings. The van der Waals surface area contributed by atoms with E-state index in [0.717, 1.165) is 21.9 Å². The normalized spacial score (nSPS) is 11.2. The van der Waals surface area contributed by atoms with Crippen LogP contribution < -0.4 is 53.7 Å². The fraction of sp³-hybridized carbons (Fsp3) is 0.493. The Morgan fingerprint density at radius 1 is 0.410 bits per heavy atom.